The third-order valence-corrected chi connectivity index (χ3v) is 3.81. The summed E-state index contributed by atoms with van der Waals surface area (Å²) in [6, 6.07) is 0. The van der Waals surface area contributed by atoms with Crippen LogP contribution in [-0.4, -0.2) is 5.78 Å². The quantitative estimate of drug-likeness (QED) is 0.520. The molecule has 0 aliphatic heterocycles. The predicted molar refractivity (Wildman–Crippen MR) is 44.2 cm³/mol. The van der Waals surface area contributed by atoms with Gasteiger partial charge >= 0.3 is 0 Å². The monoisotopic (exact) mass is 152 g/mol. The van der Waals surface area contributed by atoms with Crippen LogP contribution in [0.15, 0.2) is 0 Å². The van der Waals surface area contributed by atoms with Gasteiger partial charge in [-0.05, 0) is 24.7 Å². The molecule has 2 aliphatic rings. The Morgan fingerprint density at radius 3 is 2.36 bits per heavy atom. The van der Waals surface area contributed by atoms with Crippen LogP contribution in [0.1, 0.15) is 33.6 Å². The van der Waals surface area contributed by atoms with Gasteiger partial charge in [0.2, 0.25) is 0 Å². The minimum absolute atomic E-state index is 0.00231. The van der Waals surface area contributed by atoms with Crippen molar-refractivity contribution in [2.24, 2.45) is 23.2 Å². The highest BCUT2D eigenvalue weighted by molar-refractivity contribution is 5.89. The van der Waals surface area contributed by atoms with Crippen LogP contribution in [0.25, 0.3) is 0 Å². The van der Waals surface area contributed by atoms with Gasteiger partial charge in [0.05, 0.1) is 0 Å². The Morgan fingerprint density at radius 2 is 2.00 bits per heavy atom. The zero-order chi connectivity index (χ0) is 8.22. The van der Waals surface area contributed by atoms with Crippen LogP contribution in [0.2, 0.25) is 0 Å². The molecule has 11 heavy (non-hydrogen) atoms. The van der Waals surface area contributed by atoms with Gasteiger partial charge in [0.1, 0.15) is 5.78 Å². The maximum absolute atomic E-state index is 11.6. The van der Waals surface area contributed by atoms with E-state index in [0.29, 0.717) is 17.6 Å². The van der Waals surface area contributed by atoms with E-state index in [1.165, 1.54) is 6.42 Å². The van der Waals surface area contributed by atoms with Crippen molar-refractivity contribution in [2.45, 2.75) is 33.6 Å². The molecule has 3 atom stereocenters. The lowest BCUT2D eigenvalue weighted by Gasteiger charge is -2.32. The van der Waals surface area contributed by atoms with E-state index in [9.17, 15) is 4.79 Å². The molecule has 62 valence electrons. The molecule has 2 bridgehead atoms. The fourth-order valence-corrected chi connectivity index (χ4v) is 3.18. The smallest absolute Gasteiger partial charge is 0.141 e. The zero-order valence-electron chi connectivity index (χ0n) is 7.55. The summed E-state index contributed by atoms with van der Waals surface area (Å²) in [7, 11) is 0. The van der Waals surface area contributed by atoms with Crippen LogP contribution in [0.3, 0.4) is 0 Å². The maximum Gasteiger partial charge on any atom is 0.141 e. The van der Waals surface area contributed by atoms with Crippen molar-refractivity contribution >= 4 is 5.78 Å². The van der Waals surface area contributed by atoms with Crippen molar-refractivity contribution in [1.29, 1.82) is 0 Å². The van der Waals surface area contributed by atoms with Crippen LogP contribution in [0.4, 0.5) is 0 Å². The van der Waals surface area contributed by atoms with Gasteiger partial charge in [-0.25, -0.2) is 0 Å². The van der Waals surface area contributed by atoms with Gasteiger partial charge in [0.15, 0.2) is 0 Å². The van der Waals surface area contributed by atoms with E-state index < -0.39 is 0 Å². The highest BCUT2D eigenvalue weighted by atomic mass is 16.1. The molecule has 0 aromatic carbocycles. The summed E-state index contributed by atoms with van der Waals surface area (Å²) in [6.07, 6.45) is 2.33. The Labute approximate surface area is 68.2 Å². The molecule has 2 saturated carbocycles. The summed E-state index contributed by atoms with van der Waals surface area (Å²) < 4.78 is 0. The minimum atomic E-state index is 0.00231. The van der Waals surface area contributed by atoms with Gasteiger partial charge in [-0.15, -0.1) is 0 Å². The topological polar surface area (TPSA) is 17.1 Å². The predicted octanol–water partition coefficient (Wildman–Crippen LogP) is 2.26. The molecule has 0 saturated heterocycles. The number of Topliss-reactive ketones (excluding diaryl/α,β-unsaturated/α-hetero) is 1. The van der Waals surface area contributed by atoms with Gasteiger partial charge in [0.25, 0.3) is 0 Å². The van der Waals surface area contributed by atoms with E-state index in [1.807, 2.05) is 0 Å². The molecule has 2 aliphatic carbocycles. The average Bonchev–Trinajstić information content (AvgIpc) is 2.35. The Kier molecular flexibility index (Phi) is 1.25. The molecule has 0 N–H and O–H groups in total. The minimum Gasteiger partial charge on any atom is -0.299 e. The number of hydrogen-bond donors (Lipinski definition) is 0. The van der Waals surface area contributed by atoms with E-state index in [1.54, 1.807) is 0 Å². The molecule has 0 heterocycles. The van der Waals surface area contributed by atoms with Crippen molar-refractivity contribution in [1.82, 2.24) is 0 Å². The first kappa shape index (κ1) is 7.33. The Hall–Kier alpha value is -0.330. The Balaban J connectivity index is 2.34. The number of carbonyl (C=O) groups excluding carboxylic acids is 1. The van der Waals surface area contributed by atoms with Crippen molar-refractivity contribution in [3.63, 3.8) is 0 Å². The highest BCUT2D eigenvalue weighted by Crippen LogP contribution is 2.55. The van der Waals surface area contributed by atoms with Crippen molar-refractivity contribution in [2.75, 3.05) is 0 Å². The molecule has 2 fully saturated rings. The van der Waals surface area contributed by atoms with Crippen LogP contribution in [-0.2, 0) is 4.79 Å². The molecule has 0 aromatic rings. The summed E-state index contributed by atoms with van der Waals surface area (Å²) in [4.78, 5) is 11.6. The molecule has 0 spiro atoms. The molecule has 2 rings (SSSR count). The number of ketones is 1. The fourth-order valence-electron chi connectivity index (χ4n) is 3.18. The lowest BCUT2D eigenvalue weighted by Crippen LogP contribution is -2.34. The summed E-state index contributed by atoms with van der Waals surface area (Å²) in [5.74, 6) is 2.42. The number of rotatable bonds is 0. The molecule has 0 amide bonds. The summed E-state index contributed by atoms with van der Waals surface area (Å²) in [6.45, 7) is 6.53. The molecule has 0 radical (unpaired) electrons. The second-order valence-corrected chi connectivity index (χ2v) is 4.84. The van der Waals surface area contributed by atoms with Crippen LogP contribution in [0.5, 0.6) is 0 Å². The molecule has 1 nitrogen and oxygen atoms in total. The Morgan fingerprint density at radius 1 is 1.36 bits per heavy atom. The van der Waals surface area contributed by atoms with Gasteiger partial charge in [-0.3, -0.25) is 4.79 Å². The van der Waals surface area contributed by atoms with Gasteiger partial charge in [-0.2, -0.15) is 0 Å². The third kappa shape index (κ3) is 0.743. The molecule has 3 unspecified atom stereocenters. The summed E-state index contributed by atoms with van der Waals surface area (Å²) >= 11 is 0. The lowest BCUT2D eigenvalue weighted by molar-refractivity contribution is -0.131. The van der Waals surface area contributed by atoms with E-state index in [2.05, 4.69) is 20.8 Å². The summed E-state index contributed by atoms with van der Waals surface area (Å²) in [5, 5.41) is 0. The molecule has 1 heteroatoms. The standard InChI is InChI=1S/C10H16O/c1-6-4-7-5-8(6)10(2,3)9(7)11/h6-8H,4-5H2,1-3H3. The first-order chi connectivity index (χ1) is 5.03. The first-order valence-electron chi connectivity index (χ1n) is 4.58. The third-order valence-electron chi connectivity index (χ3n) is 3.81. The number of fused-ring (bicyclic) bond motifs is 2. The highest BCUT2D eigenvalue weighted by Gasteiger charge is 2.55. The molecule has 0 aromatic heterocycles. The fraction of sp³-hybridized carbons (Fsp3) is 0.900. The van der Waals surface area contributed by atoms with E-state index >= 15 is 0 Å². The Bertz CT molecular complexity index is 205. The average molecular weight is 152 g/mol. The largest absolute Gasteiger partial charge is 0.299 e. The van der Waals surface area contributed by atoms with Gasteiger partial charge in [0, 0.05) is 11.3 Å². The van der Waals surface area contributed by atoms with Gasteiger partial charge in [-0.1, -0.05) is 20.8 Å². The van der Waals surface area contributed by atoms with Crippen LogP contribution < -0.4 is 0 Å². The van der Waals surface area contributed by atoms with E-state index in [-0.39, 0.29) is 5.41 Å². The zero-order valence-corrected chi connectivity index (χ0v) is 7.55. The van der Waals surface area contributed by atoms with Crippen molar-refractivity contribution in [3.05, 3.63) is 0 Å². The normalized spacial score (nSPS) is 46.8. The van der Waals surface area contributed by atoms with Crippen molar-refractivity contribution < 1.29 is 4.79 Å². The summed E-state index contributed by atoms with van der Waals surface area (Å²) in [5.41, 5.74) is 0.00231. The lowest BCUT2D eigenvalue weighted by atomic mass is 9.71. The second-order valence-electron chi connectivity index (χ2n) is 4.84. The maximum atomic E-state index is 11.6. The number of hydrogen-bond acceptors (Lipinski definition) is 1. The molecular weight excluding hydrogens is 136 g/mol. The first-order valence-corrected chi connectivity index (χ1v) is 4.58. The van der Waals surface area contributed by atoms with Crippen LogP contribution in [0, 0.1) is 23.2 Å². The van der Waals surface area contributed by atoms with Gasteiger partial charge < -0.3 is 0 Å². The van der Waals surface area contributed by atoms with E-state index in [0.717, 1.165) is 12.3 Å². The molecular formula is C10H16O. The SMILES string of the molecule is CC1CC2CC1C(C)(C)C2=O. The van der Waals surface area contributed by atoms with Crippen LogP contribution >= 0.6 is 0 Å². The van der Waals surface area contributed by atoms with Crippen molar-refractivity contribution in [3.8, 4) is 0 Å². The number of carbonyl (C=O) groups is 1. The van der Waals surface area contributed by atoms with E-state index in [4.69, 9.17) is 0 Å². The second kappa shape index (κ2) is 1.88.